The normalized spacial score (nSPS) is 11.6. The maximum Gasteiger partial charge on any atom is 0.349 e. The number of nitrogens with one attached hydrogen (secondary N) is 1. The summed E-state index contributed by atoms with van der Waals surface area (Å²) in [7, 11) is 1.57. The number of methoxy groups -OCH3 is 1. The molecule has 1 N–H and O–H groups in total. The molecule has 0 spiro atoms. The van der Waals surface area contributed by atoms with Gasteiger partial charge in [-0.3, -0.25) is 4.79 Å². The van der Waals surface area contributed by atoms with E-state index < -0.39 is 12.1 Å². The summed E-state index contributed by atoms with van der Waals surface area (Å²) in [6.07, 6.45) is -0.879. The van der Waals surface area contributed by atoms with Gasteiger partial charge in [-0.15, -0.1) is 11.3 Å². The number of thiophene rings is 1. The first-order valence-electron chi connectivity index (χ1n) is 6.71. The number of hydrogen-bond donors (Lipinski definition) is 1. The van der Waals surface area contributed by atoms with Crippen molar-refractivity contribution in [2.75, 3.05) is 12.4 Å². The van der Waals surface area contributed by atoms with Gasteiger partial charge in [0.25, 0.3) is 5.91 Å². The minimum Gasteiger partial charge on any atom is -0.497 e. The molecule has 0 aliphatic carbocycles. The molecule has 1 amide bonds. The van der Waals surface area contributed by atoms with E-state index >= 15 is 0 Å². The molecule has 1 aromatic heterocycles. The van der Waals surface area contributed by atoms with Crippen LogP contribution in [-0.2, 0) is 9.53 Å². The van der Waals surface area contributed by atoms with Crippen LogP contribution in [0.3, 0.4) is 0 Å². The van der Waals surface area contributed by atoms with E-state index in [1.54, 1.807) is 38.3 Å². The Kier molecular flexibility index (Phi) is 5.16. The van der Waals surface area contributed by atoms with Crippen molar-refractivity contribution in [3.8, 4) is 5.75 Å². The molecule has 1 unspecified atom stereocenters. The Balaban J connectivity index is 1.94. The van der Waals surface area contributed by atoms with Gasteiger partial charge in [0.05, 0.1) is 7.11 Å². The highest BCUT2D eigenvalue weighted by Gasteiger charge is 2.20. The largest absolute Gasteiger partial charge is 0.497 e. The van der Waals surface area contributed by atoms with Crippen LogP contribution >= 0.6 is 11.3 Å². The number of hydrogen-bond acceptors (Lipinski definition) is 5. The molecule has 6 heteroatoms. The Labute approximate surface area is 132 Å². The predicted molar refractivity (Wildman–Crippen MR) is 85.6 cm³/mol. The summed E-state index contributed by atoms with van der Waals surface area (Å²) in [6, 6.07) is 8.75. The molecule has 0 saturated carbocycles. The minimum absolute atomic E-state index is 0.382. The van der Waals surface area contributed by atoms with Crippen molar-refractivity contribution < 1.29 is 19.1 Å². The second-order valence-corrected chi connectivity index (χ2v) is 5.61. The van der Waals surface area contributed by atoms with E-state index in [0.717, 1.165) is 5.56 Å². The zero-order valence-electron chi connectivity index (χ0n) is 12.6. The summed E-state index contributed by atoms with van der Waals surface area (Å²) in [6.45, 7) is 3.37. The van der Waals surface area contributed by atoms with Crippen LogP contribution in [0.1, 0.15) is 22.2 Å². The number of esters is 1. The lowest BCUT2D eigenvalue weighted by atomic mass is 10.2. The summed E-state index contributed by atoms with van der Waals surface area (Å²) in [5.74, 6) is -0.164. The van der Waals surface area contributed by atoms with Crippen LogP contribution in [0.25, 0.3) is 0 Å². The molecule has 116 valence electrons. The molecule has 1 heterocycles. The van der Waals surface area contributed by atoms with Crippen LogP contribution in [0.5, 0.6) is 5.75 Å². The van der Waals surface area contributed by atoms with E-state index in [1.165, 1.54) is 11.3 Å². The topological polar surface area (TPSA) is 64.6 Å². The van der Waals surface area contributed by atoms with Crippen LogP contribution in [-0.4, -0.2) is 25.1 Å². The van der Waals surface area contributed by atoms with Gasteiger partial charge < -0.3 is 14.8 Å². The quantitative estimate of drug-likeness (QED) is 0.859. The molecule has 1 atom stereocenters. The molecule has 0 fully saturated rings. The van der Waals surface area contributed by atoms with Gasteiger partial charge in [-0.25, -0.2) is 4.79 Å². The van der Waals surface area contributed by atoms with Crippen molar-refractivity contribution in [1.82, 2.24) is 0 Å². The fraction of sp³-hybridized carbons (Fsp3) is 0.250. The maximum absolute atomic E-state index is 12.0. The number of benzene rings is 1. The highest BCUT2D eigenvalue weighted by atomic mass is 32.1. The maximum atomic E-state index is 12.0. The molecule has 0 aliphatic heterocycles. The summed E-state index contributed by atoms with van der Waals surface area (Å²) >= 11 is 1.30. The van der Waals surface area contributed by atoms with Crippen LogP contribution in [0.15, 0.2) is 35.7 Å². The fourth-order valence-corrected chi connectivity index (χ4v) is 2.57. The Morgan fingerprint density at radius 3 is 2.41 bits per heavy atom. The zero-order chi connectivity index (χ0) is 16.1. The molecule has 0 radical (unpaired) electrons. The Morgan fingerprint density at radius 1 is 1.18 bits per heavy atom. The van der Waals surface area contributed by atoms with Gasteiger partial charge in [0, 0.05) is 5.69 Å². The first-order valence-corrected chi connectivity index (χ1v) is 7.59. The van der Waals surface area contributed by atoms with E-state index in [2.05, 4.69) is 5.32 Å². The molecular weight excluding hydrogens is 302 g/mol. The average Bonchev–Trinajstić information content (AvgIpc) is 2.94. The highest BCUT2D eigenvalue weighted by molar-refractivity contribution is 7.12. The number of carbonyl (C=O) groups is 2. The van der Waals surface area contributed by atoms with Gasteiger partial charge >= 0.3 is 5.97 Å². The molecule has 0 bridgehead atoms. The zero-order valence-corrected chi connectivity index (χ0v) is 13.4. The Bertz CT molecular complexity index is 663. The number of rotatable bonds is 5. The Morgan fingerprint density at radius 2 is 1.86 bits per heavy atom. The van der Waals surface area contributed by atoms with Gasteiger partial charge in [-0.1, -0.05) is 0 Å². The number of ether oxygens (including phenoxy) is 2. The van der Waals surface area contributed by atoms with Crippen LogP contribution in [0, 0.1) is 6.92 Å². The predicted octanol–water partition coefficient (Wildman–Crippen LogP) is 3.25. The Hall–Kier alpha value is -2.34. The third-order valence-electron chi connectivity index (χ3n) is 3.06. The lowest BCUT2D eigenvalue weighted by Gasteiger charge is -2.13. The monoisotopic (exact) mass is 319 g/mol. The summed E-state index contributed by atoms with van der Waals surface area (Å²) in [4.78, 5) is 24.5. The molecule has 0 saturated heterocycles. The number of amides is 1. The van der Waals surface area contributed by atoms with Gasteiger partial charge in [-0.2, -0.15) is 0 Å². The van der Waals surface area contributed by atoms with E-state index in [-0.39, 0.29) is 5.91 Å². The highest BCUT2D eigenvalue weighted by Crippen LogP contribution is 2.18. The van der Waals surface area contributed by atoms with Crippen molar-refractivity contribution >= 4 is 28.9 Å². The SMILES string of the molecule is COc1ccc(NC(=O)C(C)OC(=O)c2sccc2C)cc1. The summed E-state index contributed by atoms with van der Waals surface area (Å²) < 4.78 is 10.2. The van der Waals surface area contributed by atoms with Gasteiger partial charge in [0.2, 0.25) is 0 Å². The average molecular weight is 319 g/mol. The molecule has 2 rings (SSSR count). The van der Waals surface area contributed by atoms with Crippen molar-refractivity contribution in [1.29, 1.82) is 0 Å². The summed E-state index contributed by atoms with van der Waals surface area (Å²) in [5, 5.41) is 4.50. The van der Waals surface area contributed by atoms with Gasteiger partial charge in [-0.05, 0) is 55.1 Å². The molecular formula is C16H17NO4S. The molecule has 1 aromatic carbocycles. The lowest BCUT2D eigenvalue weighted by molar-refractivity contribution is -0.123. The lowest BCUT2D eigenvalue weighted by Crippen LogP contribution is -2.29. The van der Waals surface area contributed by atoms with Crippen molar-refractivity contribution in [2.24, 2.45) is 0 Å². The van der Waals surface area contributed by atoms with Gasteiger partial charge in [0.15, 0.2) is 6.10 Å². The van der Waals surface area contributed by atoms with E-state index in [0.29, 0.717) is 16.3 Å². The second-order valence-electron chi connectivity index (χ2n) is 4.70. The third-order valence-corrected chi connectivity index (χ3v) is 4.05. The third kappa shape index (κ3) is 3.85. The number of anilines is 1. The van der Waals surface area contributed by atoms with Gasteiger partial charge in [0.1, 0.15) is 10.6 Å². The molecule has 0 aliphatic rings. The van der Waals surface area contributed by atoms with Crippen LogP contribution in [0.4, 0.5) is 5.69 Å². The first-order chi connectivity index (χ1) is 10.5. The van der Waals surface area contributed by atoms with E-state index in [1.807, 2.05) is 18.4 Å². The van der Waals surface area contributed by atoms with Crippen molar-refractivity contribution in [3.05, 3.63) is 46.2 Å². The van der Waals surface area contributed by atoms with Crippen LogP contribution in [0.2, 0.25) is 0 Å². The number of aryl methyl sites for hydroxylation is 1. The molecule has 5 nitrogen and oxygen atoms in total. The molecule has 22 heavy (non-hydrogen) atoms. The molecule has 2 aromatic rings. The van der Waals surface area contributed by atoms with Crippen molar-refractivity contribution in [3.63, 3.8) is 0 Å². The first kappa shape index (κ1) is 16.0. The second kappa shape index (κ2) is 7.09. The summed E-state index contributed by atoms with van der Waals surface area (Å²) in [5.41, 5.74) is 1.46. The fourth-order valence-electron chi connectivity index (χ4n) is 1.77. The van der Waals surface area contributed by atoms with Crippen molar-refractivity contribution in [2.45, 2.75) is 20.0 Å². The van der Waals surface area contributed by atoms with E-state index in [4.69, 9.17) is 9.47 Å². The smallest absolute Gasteiger partial charge is 0.349 e. The van der Waals surface area contributed by atoms with E-state index in [9.17, 15) is 9.59 Å². The number of carbonyl (C=O) groups excluding carboxylic acids is 2. The van der Waals surface area contributed by atoms with Crippen LogP contribution < -0.4 is 10.1 Å². The minimum atomic E-state index is -0.879. The standard InChI is InChI=1S/C16H17NO4S/c1-10-8-9-22-14(10)16(19)21-11(2)15(18)17-12-4-6-13(20-3)7-5-12/h4-9,11H,1-3H3,(H,17,18).